The minimum absolute atomic E-state index is 0.0619. The molecule has 0 bridgehead atoms. The Hall–Kier alpha value is -1.43. The first-order chi connectivity index (χ1) is 10.1. The quantitative estimate of drug-likeness (QED) is 0.585. The second-order valence-corrected chi connectivity index (χ2v) is 6.81. The Morgan fingerprint density at radius 2 is 1.50 bits per heavy atom. The molecule has 127 valence electrons. The number of hydrogen-bond acceptors (Lipinski definition) is 4. The third kappa shape index (κ3) is 7.02. The van der Waals surface area contributed by atoms with Gasteiger partial charge >= 0.3 is 0 Å². The van der Waals surface area contributed by atoms with Crippen molar-refractivity contribution < 1.29 is 14.4 Å². The van der Waals surface area contributed by atoms with Gasteiger partial charge in [-0.2, -0.15) is 0 Å². The summed E-state index contributed by atoms with van der Waals surface area (Å²) in [6.45, 7) is 11.2. The first kappa shape index (κ1) is 20.6. The Morgan fingerprint density at radius 3 is 1.86 bits per heavy atom. The van der Waals surface area contributed by atoms with Crippen molar-refractivity contribution in [1.82, 2.24) is 10.6 Å². The fourth-order valence-corrected chi connectivity index (χ4v) is 1.99. The van der Waals surface area contributed by atoms with Crippen LogP contribution in [0.25, 0.3) is 0 Å². The Bertz CT molecular complexity index is 381. The molecule has 0 spiro atoms. The summed E-state index contributed by atoms with van der Waals surface area (Å²) in [5, 5.41) is 5.30. The van der Waals surface area contributed by atoms with Crippen LogP contribution in [-0.4, -0.2) is 36.2 Å². The van der Waals surface area contributed by atoms with Crippen LogP contribution in [0.5, 0.6) is 0 Å². The normalized spacial score (nSPS) is 15.5. The van der Waals surface area contributed by atoms with Crippen molar-refractivity contribution in [2.45, 2.75) is 66.1 Å². The Morgan fingerprint density at radius 1 is 0.955 bits per heavy atom. The summed E-state index contributed by atoms with van der Waals surface area (Å²) in [5.74, 6) is -0.620. The lowest BCUT2D eigenvalue weighted by molar-refractivity contribution is -0.131. The lowest BCUT2D eigenvalue weighted by Gasteiger charge is -2.26. The maximum absolute atomic E-state index is 12.3. The zero-order valence-electron chi connectivity index (χ0n) is 14.5. The summed E-state index contributed by atoms with van der Waals surface area (Å²) in [7, 11) is 0. The number of carbonyl (C=O) groups excluding carboxylic acids is 3. The molecular weight excluding hydrogens is 282 g/mol. The highest BCUT2D eigenvalue weighted by Crippen LogP contribution is 2.07. The first-order valence-electron chi connectivity index (χ1n) is 7.84. The highest BCUT2D eigenvalue weighted by molar-refractivity contribution is 5.91. The van der Waals surface area contributed by atoms with E-state index in [-0.39, 0.29) is 23.7 Å². The van der Waals surface area contributed by atoms with Gasteiger partial charge in [-0.25, -0.2) is 0 Å². The summed E-state index contributed by atoms with van der Waals surface area (Å²) in [4.78, 5) is 35.3. The molecule has 0 aromatic heterocycles. The van der Waals surface area contributed by atoms with E-state index in [9.17, 15) is 14.4 Å². The predicted molar refractivity (Wildman–Crippen MR) is 86.7 cm³/mol. The first-order valence-corrected chi connectivity index (χ1v) is 7.84. The van der Waals surface area contributed by atoms with E-state index in [1.165, 1.54) is 0 Å². The zero-order chi connectivity index (χ0) is 17.4. The van der Waals surface area contributed by atoms with Crippen LogP contribution >= 0.6 is 0 Å². The molecule has 0 fully saturated rings. The van der Waals surface area contributed by atoms with Crippen LogP contribution in [-0.2, 0) is 14.4 Å². The molecule has 0 saturated carbocycles. The predicted octanol–water partition coefficient (Wildman–Crippen LogP) is 0.751. The maximum atomic E-state index is 12.3. The average molecular weight is 312 g/mol. The lowest BCUT2D eigenvalue weighted by Crippen LogP contribution is -2.56. The van der Waals surface area contributed by atoms with E-state index in [0.717, 1.165) is 0 Å². The van der Waals surface area contributed by atoms with Crippen molar-refractivity contribution >= 4 is 18.1 Å². The largest absolute Gasteiger partial charge is 0.344 e. The molecule has 22 heavy (non-hydrogen) atoms. The van der Waals surface area contributed by atoms with Gasteiger partial charge in [0, 0.05) is 0 Å². The van der Waals surface area contributed by atoms with Crippen molar-refractivity contribution in [3.63, 3.8) is 0 Å². The number of amides is 2. The summed E-state index contributed by atoms with van der Waals surface area (Å²) >= 11 is 0. The molecule has 0 unspecified atom stereocenters. The van der Waals surface area contributed by atoms with Crippen molar-refractivity contribution in [2.75, 3.05) is 0 Å². The fraction of sp³-hybridized carbons (Fsp3) is 0.812. The summed E-state index contributed by atoms with van der Waals surface area (Å²) in [5.41, 5.74) is 5.84. The molecule has 2 amide bonds. The molecule has 1 radical (unpaired) electrons. The van der Waals surface area contributed by atoms with Crippen LogP contribution in [0.15, 0.2) is 0 Å². The van der Waals surface area contributed by atoms with Gasteiger partial charge in [-0.05, 0) is 24.2 Å². The molecule has 0 rings (SSSR count). The highest BCUT2D eigenvalue weighted by atomic mass is 16.2. The van der Waals surface area contributed by atoms with E-state index >= 15 is 0 Å². The van der Waals surface area contributed by atoms with Gasteiger partial charge in [0.1, 0.15) is 6.04 Å². The van der Waals surface area contributed by atoms with Crippen LogP contribution in [0.4, 0.5) is 0 Å². The molecule has 3 atom stereocenters. The molecule has 0 aliphatic heterocycles. The third-order valence-corrected chi connectivity index (χ3v) is 3.40. The second-order valence-electron chi connectivity index (χ2n) is 6.81. The van der Waals surface area contributed by atoms with Gasteiger partial charge in [-0.3, -0.25) is 14.4 Å². The monoisotopic (exact) mass is 312 g/mol. The zero-order valence-corrected chi connectivity index (χ0v) is 14.5. The standard InChI is InChI=1S/C16H30N3O3/c1-9(2)7-12(17)15(21)19-14(11(5)6)16(22)18-13(8-20)10(3)4/h9-14H,7,17H2,1-6H3,(H,18,22)(H,19,21)/t12-,13+,14-/m0/s1. The van der Waals surface area contributed by atoms with Gasteiger partial charge < -0.3 is 16.4 Å². The van der Waals surface area contributed by atoms with Crippen LogP contribution in [0.1, 0.15) is 48.0 Å². The SMILES string of the molecule is CC(C)C[C@H](N)C(=O)N[C@H](C(=O)N[C@H]([C]=O)C(C)C)C(C)C. The van der Waals surface area contributed by atoms with Gasteiger partial charge in [-0.15, -0.1) is 0 Å². The maximum Gasteiger partial charge on any atom is 0.243 e. The number of rotatable bonds is 9. The van der Waals surface area contributed by atoms with E-state index in [4.69, 9.17) is 5.73 Å². The average Bonchev–Trinajstić information content (AvgIpc) is 2.39. The smallest absolute Gasteiger partial charge is 0.243 e. The second kappa shape index (κ2) is 9.56. The number of nitrogens with two attached hydrogens (primary N) is 1. The van der Waals surface area contributed by atoms with Gasteiger partial charge in [-0.1, -0.05) is 41.5 Å². The van der Waals surface area contributed by atoms with Crippen LogP contribution < -0.4 is 16.4 Å². The van der Waals surface area contributed by atoms with Gasteiger partial charge in [0.05, 0.1) is 12.1 Å². The Balaban J connectivity index is 4.82. The van der Waals surface area contributed by atoms with Crippen LogP contribution in [0, 0.1) is 17.8 Å². The molecule has 4 N–H and O–H groups in total. The highest BCUT2D eigenvalue weighted by Gasteiger charge is 2.28. The van der Waals surface area contributed by atoms with E-state index in [0.29, 0.717) is 12.3 Å². The van der Waals surface area contributed by atoms with Crippen molar-refractivity contribution in [3.05, 3.63) is 0 Å². The van der Waals surface area contributed by atoms with E-state index in [1.54, 1.807) is 0 Å². The molecule has 6 heteroatoms. The summed E-state index contributed by atoms with van der Waals surface area (Å²) < 4.78 is 0. The van der Waals surface area contributed by atoms with Crippen molar-refractivity contribution in [2.24, 2.45) is 23.5 Å². The number of carbonyl (C=O) groups is 2. The van der Waals surface area contributed by atoms with E-state index < -0.39 is 18.1 Å². The van der Waals surface area contributed by atoms with E-state index in [2.05, 4.69) is 10.6 Å². The summed E-state index contributed by atoms with van der Waals surface area (Å²) in [6.07, 6.45) is 2.36. The number of nitrogens with one attached hydrogen (secondary N) is 2. The molecule has 0 aromatic carbocycles. The lowest BCUT2D eigenvalue weighted by atomic mass is 9.99. The minimum Gasteiger partial charge on any atom is -0.344 e. The molecule has 0 aliphatic rings. The third-order valence-electron chi connectivity index (χ3n) is 3.40. The summed E-state index contributed by atoms with van der Waals surface area (Å²) in [6, 6.07) is -2.05. The van der Waals surface area contributed by atoms with Crippen molar-refractivity contribution in [3.8, 4) is 0 Å². The minimum atomic E-state index is -0.722. The Labute approximate surface area is 133 Å². The molecule has 0 aliphatic carbocycles. The van der Waals surface area contributed by atoms with Crippen LogP contribution in [0.2, 0.25) is 0 Å². The Kier molecular flexibility index (Phi) is 8.94. The van der Waals surface area contributed by atoms with Crippen molar-refractivity contribution in [1.29, 1.82) is 0 Å². The molecule has 0 saturated heterocycles. The van der Waals surface area contributed by atoms with Crippen LogP contribution in [0.3, 0.4) is 0 Å². The van der Waals surface area contributed by atoms with E-state index in [1.807, 2.05) is 47.8 Å². The van der Waals surface area contributed by atoms with Gasteiger partial charge in [0.2, 0.25) is 18.1 Å². The van der Waals surface area contributed by atoms with Gasteiger partial charge in [0.15, 0.2) is 0 Å². The molecular formula is C16H30N3O3. The number of hydrogen-bond donors (Lipinski definition) is 3. The fourth-order valence-electron chi connectivity index (χ4n) is 1.99. The molecule has 0 heterocycles. The topological polar surface area (TPSA) is 101 Å². The molecule has 0 aromatic rings. The molecule has 6 nitrogen and oxygen atoms in total. The van der Waals surface area contributed by atoms with Gasteiger partial charge in [0.25, 0.3) is 0 Å².